The normalized spacial score (nSPS) is 11.0. The van der Waals surface area contributed by atoms with E-state index in [4.69, 9.17) is 10.5 Å². The molecule has 2 nitrogen and oxygen atoms in total. The molecule has 2 N–H and O–H groups in total. The van der Waals surface area contributed by atoms with E-state index >= 15 is 0 Å². The highest BCUT2D eigenvalue weighted by Crippen LogP contribution is 2.25. The third-order valence-corrected chi connectivity index (χ3v) is 4.24. The molecule has 0 saturated heterocycles. The minimum Gasteiger partial charge on any atom is -0.488 e. The summed E-state index contributed by atoms with van der Waals surface area (Å²) in [6, 6.07) is 10.5. The smallest absolute Gasteiger partial charge is 0.122 e. The minimum absolute atomic E-state index is 0.554. The van der Waals surface area contributed by atoms with Crippen molar-refractivity contribution in [1.29, 1.82) is 0 Å². The van der Waals surface area contributed by atoms with Gasteiger partial charge < -0.3 is 10.5 Å². The SMILES string of the molecule is Cc1cc(OCc2ccc(CN)s2)ccc1C(C)C. The minimum atomic E-state index is 0.554. The van der Waals surface area contributed by atoms with Crippen molar-refractivity contribution in [3.8, 4) is 5.75 Å². The average molecular weight is 275 g/mol. The zero-order chi connectivity index (χ0) is 13.8. The van der Waals surface area contributed by atoms with Crippen LogP contribution in [0.1, 0.15) is 40.6 Å². The van der Waals surface area contributed by atoms with Gasteiger partial charge in [-0.25, -0.2) is 0 Å². The topological polar surface area (TPSA) is 35.2 Å². The second kappa shape index (κ2) is 6.22. The van der Waals surface area contributed by atoms with Crippen LogP contribution in [-0.2, 0) is 13.2 Å². The Balaban J connectivity index is 2.01. The molecule has 0 aliphatic heterocycles. The van der Waals surface area contributed by atoms with E-state index in [0.717, 1.165) is 5.75 Å². The highest BCUT2D eigenvalue weighted by atomic mass is 32.1. The molecule has 1 aromatic carbocycles. The van der Waals surface area contributed by atoms with Crippen LogP contribution in [0.5, 0.6) is 5.75 Å². The zero-order valence-corrected chi connectivity index (χ0v) is 12.6. The highest BCUT2D eigenvalue weighted by Gasteiger charge is 2.05. The first kappa shape index (κ1) is 14.1. The standard InChI is InChI=1S/C16H21NOS/c1-11(2)16-7-4-13(8-12(16)3)18-10-15-6-5-14(9-17)19-15/h4-8,11H,9-10,17H2,1-3H3. The van der Waals surface area contributed by atoms with Crippen LogP contribution in [-0.4, -0.2) is 0 Å². The molecule has 0 atom stereocenters. The lowest BCUT2D eigenvalue weighted by Gasteiger charge is -2.12. The molecule has 3 heteroatoms. The van der Waals surface area contributed by atoms with E-state index in [-0.39, 0.29) is 0 Å². The quantitative estimate of drug-likeness (QED) is 0.886. The molecule has 19 heavy (non-hydrogen) atoms. The third-order valence-electron chi connectivity index (χ3n) is 3.16. The van der Waals surface area contributed by atoms with Crippen LogP contribution in [0, 0.1) is 6.92 Å². The van der Waals surface area contributed by atoms with Crippen LogP contribution >= 0.6 is 11.3 Å². The molecule has 102 valence electrons. The Morgan fingerprint density at radius 1 is 1.16 bits per heavy atom. The molecule has 0 unspecified atom stereocenters. The van der Waals surface area contributed by atoms with E-state index < -0.39 is 0 Å². The maximum Gasteiger partial charge on any atom is 0.122 e. The summed E-state index contributed by atoms with van der Waals surface area (Å²) < 4.78 is 5.84. The summed E-state index contributed by atoms with van der Waals surface area (Å²) in [5.41, 5.74) is 8.28. The van der Waals surface area contributed by atoms with E-state index in [1.165, 1.54) is 20.9 Å². The van der Waals surface area contributed by atoms with Crippen LogP contribution in [0.2, 0.25) is 0 Å². The lowest BCUT2D eigenvalue weighted by atomic mass is 9.98. The summed E-state index contributed by atoms with van der Waals surface area (Å²) in [6.07, 6.45) is 0. The van der Waals surface area contributed by atoms with Gasteiger partial charge in [-0.2, -0.15) is 0 Å². The highest BCUT2D eigenvalue weighted by molar-refractivity contribution is 7.11. The Morgan fingerprint density at radius 2 is 1.89 bits per heavy atom. The summed E-state index contributed by atoms with van der Waals surface area (Å²) in [4.78, 5) is 2.41. The Labute approximate surface area is 119 Å². The van der Waals surface area contributed by atoms with Crippen molar-refractivity contribution in [3.63, 3.8) is 0 Å². The zero-order valence-electron chi connectivity index (χ0n) is 11.8. The number of hydrogen-bond acceptors (Lipinski definition) is 3. The van der Waals surface area contributed by atoms with E-state index in [1.807, 2.05) is 0 Å². The number of aryl methyl sites for hydroxylation is 1. The van der Waals surface area contributed by atoms with Crippen LogP contribution in [0.25, 0.3) is 0 Å². The molecule has 0 aliphatic rings. The van der Waals surface area contributed by atoms with E-state index in [9.17, 15) is 0 Å². The molecule has 1 aromatic heterocycles. The number of thiophene rings is 1. The summed E-state index contributed by atoms with van der Waals surface area (Å²) in [5.74, 6) is 1.49. The summed E-state index contributed by atoms with van der Waals surface area (Å²) in [6.45, 7) is 7.78. The number of nitrogens with two attached hydrogens (primary N) is 1. The molecule has 1 heterocycles. The van der Waals surface area contributed by atoms with Gasteiger partial charge in [0.25, 0.3) is 0 Å². The molecular weight excluding hydrogens is 254 g/mol. The molecule has 2 aromatic rings. The van der Waals surface area contributed by atoms with Crippen LogP contribution in [0.3, 0.4) is 0 Å². The maximum atomic E-state index is 5.84. The van der Waals surface area contributed by atoms with Crippen LogP contribution < -0.4 is 10.5 Å². The second-order valence-corrected chi connectivity index (χ2v) is 6.29. The monoisotopic (exact) mass is 275 g/mol. The molecule has 0 bridgehead atoms. The first-order valence-corrected chi connectivity index (χ1v) is 7.42. The number of hydrogen-bond donors (Lipinski definition) is 1. The number of ether oxygens (including phenoxy) is 1. The first-order chi connectivity index (χ1) is 9.10. The fraction of sp³-hybridized carbons (Fsp3) is 0.375. The van der Waals surface area contributed by atoms with Crippen molar-refractivity contribution in [2.75, 3.05) is 0 Å². The van der Waals surface area contributed by atoms with Gasteiger partial charge in [0.05, 0.1) is 0 Å². The van der Waals surface area contributed by atoms with Gasteiger partial charge in [-0.3, -0.25) is 0 Å². The van der Waals surface area contributed by atoms with Crippen molar-refractivity contribution < 1.29 is 4.74 Å². The average Bonchev–Trinajstić information content (AvgIpc) is 2.84. The third kappa shape index (κ3) is 3.58. The predicted molar refractivity (Wildman–Crippen MR) is 81.8 cm³/mol. The fourth-order valence-electron chi connectivity index (χ4n) is 2.15. The molecule has 0 saturated carbocycles. The lowest BCUT2D eigenvalue weighted by molar-refractivity contribution is 0.309. The number of rotatable bonds is 5. The Morgan fingerprint density at radius 3 is 2.47 bits per heavy atom. The Kier molecular flexibility index (Phi) is 4.61. The van der Waals surface area contributed by atoms with Gasteiger partial charge in [-0.15, -0.1) is 11.3 Å². The van der Waals surface area contributed by atoms with Gasteiger partial charge in [0, 0.05) is 16.3 Å². The molecule has 2 rings (SSSR count). The second-order valence-electron chi connectivity index (χ2n) is 5.03. The van der Waals surface area contributed by atoms with Crippen molar-refractivity contribution >= 4 is 11.3 Å². The van der Waals surface area contributed by atoms with Gasteiger partial charge in [0.1, 0.15) is 12.4 Å². The van der Waals surface area contributed by atoms with Crippen molar-refractivity contribution in [1.82, 2.24) is 0 Å². The van der Waals surface area contributed by atoms with E-state index in [0.29, 0.717) is 19.1 Å². The molecule has 0 spiro atoms. The molecule has 0 fully saturated rings. The molecule has 0 aliphatic carbocycles. The first-order valence-electron chi connectivity index (χ1n) is 6.61. The maximum absolute atomic E-state index is 5.84. The van der Waals surface area contributed by atoms with Gasteiger partial charge in [-0.1, -0.05) is 19.9 Å². The largest absolute Gasteiger partial charge is 0.488 e. The van der Waals surface area contributed by atoms with Crippen LogP contribution in [0.15, 0.2) is 30.3 Å². The van der Waals surface area contributed by atoms with Crippen molar-refractivity contribution in [3.05, 3.63) is 51.2 Å². The molecular formula is C16H21NOS. The van der Waals surface area contributed by atoms with Gasteiger partial charge in [-0.05, 0) is 48.2 Å². The van der Waals surface area contributed by atoms with Gasteiger partial charge in [0.2, 0.25) is 0 Å². The summed E-state index contributed by atoms with van der Waals surface area (Å²) >= 11 is 1.71. The van der Waals surface area contributed by atoms with E-state index in [1.54, 1.807) is 11.3 Å². The van der Waals surface area contributed by atoms with Gasteiger partial charge >= 0.3 is 0 Å². The van der Waals surface area contributed by atoms with Gasteiger partial charge in [0.15, 0.2) is 0 Å². The Bertz CT molecular complexity index is 545. The van der Waals surface area contributed by atoms with Crippen molar-refractivity contribution in [2.24, 2.45) is 5.73 Å². The van der Waals surface area contributed by atoms with Crippen LogP contribution in [0.4, 0.5) is 0 Å². The molecule has 0 radical (unpaired) electrons. The lowest BCUT2D eigenvalue weighted by Crippen LogP contribution is -1.96. The van der Waals surface area contributed by atoms with Crippen molar-refractivity contribution in [2.45, 2.75) is 39.8 Å². The Hall–Kier alpha value is -1.32. The summed E-state index contributed by atoms with van der Waals surface area (Å²) in [5, 5.41) is 0. The molecule has 0 amide bonds. The summed E-state index contributed by atoms with van der Waals surface area (Å²) in [7, 11) is 0. The number of benzene rings is 1. The van der Waals surface area contributed by atoms with E-state index in [2.05, 4.69) is 51.1 Å². The fourth-order valence-corrected chi connectivity index (χ4v) is 2.96. The predicted octanol–water partition coefficient (Wildman–Crippen LogP) is 4.22.